The van der Waals surface area contributed by atoms with E-state index in [2.05, 4.69) is 4.90 Å². The quantitative estimate of drug-likeness (QED) is 0.881. The van der Waals surface area contributed by atoms with E-state index in [1.54, 1.807) is 0 Å². The third kappa shape index (κ3) is 2.48. The highest BCUT2D eigenvalue weighted by molar-refractivity contribution is 6.30. The Morgan fingerprint density at radius 2 is 1.79 bits per heavy atom. The summed E-state index contributed by atoms with van der Waals surface area (Å²) in [7, 11) is 0. The van der Waals surface area contributed by atoms with Crippen molar-refractivity contribution >= 4 is 17.5 Å². The largest absolute Gasteiger partial charge is 0.392 e. The lowest BCUT2D eigenvalue weighted by Crippen LogP contribution is -2.56. The van der Waals surface area contributed by atoms with Gasteiger partial charge in [0.1, 0.15) is 0 Å². The molecule has 1 aliphatic heterocycles. The maximum absolute atomic E-state index is 13.4. The average molecular weight is 348 g/mol. The van der Waals surface area contributed by atoms with Gasteiger partial charge in [0.2, 0.25) is 5.91 Å². The van der Waals surface area contributed by atoms with Crippen LogP contribution in [-0.2, 0) is 10.2 Å². The van der Waals surface area contributed by atoms with Crippen LogP contribution >= 0.6 is 11.6 Å². The van der Waals surface area contributed by atoms with Gasteiger partial charge in [-0.2, -0.15) is 0 Å². The molecule has 3 aliphatic rings. The molecule has 0 aromatic heterocycles. The molecule has 4 heteroatoms. The molecule has 3 nitrogen and oxygen atoms in total. The summed E-state index contributed by atoms with van der Waals surface area (Å²) in [5.74, 6) is 0.272. The van der Waals surface area contributed by atoms with E-state index in [1.807, 2.05) is 24.3 Å². The lowest BCUT2D eigenvalue weighted by molar-refractivity contribution is -0.146. The number of nitrogens with zero attached hydrogens (tertiary/aromatic N) is 1. The van der Waals surface area contributed by atoms with Crippen molar-refractivity contribution in [2.75, 3.05) is 13.1 Å². The zero-order valence-electron chi connectivity index (χ0n) is 14.1. The highest BCUT2D eigenvalue weighted by Gasteiger charge is 2.51. The second-order valence-corrected chi connectivity index (χ2v) is 8.48. The normalized spacial score (nSPS) is 31.9. The van der Waals surface area contributed by atoms with Crippen LogP contribution < -0.4 is 0 Å². The SMILES string of the molecule is O=C(N1CCC[C@@]2(CCC[C@H]2O)C1)C1(c2ccc(Cl)cc2)CCC1. The van der Waals surface area contributed by atoms with Crippen LogP contribution in [0.1, 0.15) is 56.9 Å². The molecule has 1 amide bonds. The van der Waals surface area contributed by atoms with E-state index in [1.165, 1.54) is 0 Å². The van der Waals surface area contributed by atoms with Crippen LogP contribution in [0.5, 0.6) is 0 Å². The average Bonchev–Trinajstić information content (AvgIpc) is 2.88. The summed E-state index contributed by atoms with van der Waals surface area (Å²) in [5, 5.41) is 11.2. The molecule has 4 rings (SSSR count). The van der Waals surface area contributed by atoms with E-state index >= 15 is 0 Å². The minimum Gasteiger partial charge on any atom is -0.392 e. The zero-order valence-corrected chi connectivity index (χ0v) is 14.9. The van der Waals surface area contributed by atoms with E-state index in [0.717, 1.165) is 70.0 Å². The van der Waals surface area contributed by atoms with E-state index in [9.17, 15) is 9.90 Å². The predicted molar refractivity (Wildman–Crippen MR) is 95.1 cm³/mol. The fourth-order valence-electron chi connectivity index (χ4n) is 5.16. The summed E-state index contributed by atoms with van der Waals surface area (Å²) < 4.78 is 0. The van der Waals surface area contributed by atoms with Crippen LogP contribution in [0.4, 0.5) is 0 Å². The summed E-state index contributed by atoms with van der Waals surface area (Å²) in [6.07, 6.45) is 7.85. The Bertz CT molecular complexity index is 625. The third-order valence-electron chi connectivity index (χ3n) is 6.77. The number of rotatable bonds is 2. The highest BCUT2D eigenvalue weighted by Crippen LogP contribution is 2.49. The molecular weight excluding hydrogens is 322 g/mol. The number of likely N-dealkylation sites (tertiary alicyclic amines) is 1. The van der Waals surface area contributed by atoms with Crippen molar-refractivity contribution in [2.45, 2.75) is 62.9 Å². The van der Waals surface area contributed by atoms with Gasteiger partial charge in [0, 0.05) is 23.5 Å². The van der Waals surface area contributed by atoms with E-state index in [0.29, 0.717) is 5.02 Å². The zero-order chi connectivity index (χ0) is 16.8. The van der Waals surface area contributed by atoms with Gasteiger partial charge in [-0.25, -0.2) is 0 Å². The monoisotopic (exact) mass is 347 g/mol. The van der Waals surface area contributed by atoms with Crippen molar-refractivity contribution < 1.29 is 9.90 Å². The van der Waals surface area contributed by atoms with Crippen molar-refractivity contribution in [3.63, 3.8) is 0 Å². The van der Waals surface area contributed by atoms with Gasteiger partial charge < -0.3 is 10.0 Å². The molecule has 1 N–H and O–H groups in total. The summed E-state index contributed by atoms with van der Waals surface area (Å²) in [4.78, 5) is 15.5. The molecule has 2 atom stereocenters. The number of hydrogen-bond acceptors (Lipinski definition) is 2. The maximum atomic E-state index is 13.4. The summed E-state index contributed by atoms with van der Waals surface area (Å²) >= 11 is 6.03. The summed E-state index contributed by atoms with van der Waals surface area (Å²) in [6, 6.07) is 7.82. The van der Waals surface area contributed by atoms with Crippen LogP contribution in [0.15, 0.2) is 24.3 Å². The van der Waals surface area contributed by atoms with Gasteiger partial charge in [0.05, 0.1) is 11.5 Å². The molecule has 1 saturated heterocycles. The number of carbonyl (C=O) groups is 1. The van der Waals surface area contributed by atoms with Crippen LogP contribution in [-0.4, -0.2) is 35.1 Å². The van der Waals surface area contributed by atoms with Crippen LogP contribution in [0.3, 0.4) is 0 Å². The second kappa shape index (κ2) is 6.03. The molecule has 1 heterocycles. The first-order valence-corrected chi connectivity index (χ1v) is 9.67. The lowest BCUT2D eigenvalue weighted by Gasteiger charge is -2.49. The minimum absolute atomic E-state index is 0.0428. The van der Waals surface area contributed by atoms with Crippen molar-refractivity contribution in [3.8, 4) is 0 Å². The number of piperidine rings is 1. The van der Waals surface area contributed by atoms with Crippen LogP contribution in [0.25, 0.3) is 0 Å². The van der Waals surface area contributed by atoms with E-state index in [4.69, 9.17) is 11.6 Å². The third-order valence-corrected chi connectivity index (χ3v) is 7.02. The molecule has 2 saturated carbocycles. The number of benzene rings is 1. The Kier molecular flexibility index (Phi) is 4.12. The molecule has 24 heavy (non-hydrogen) atoms. The first-order chi connectivity index (χ1) is 11.6. The van der Waals surface area contributed by atoms with Crippen LogP contribution in [0.2, 0.25) is 5.02 Å². The van der Waals surface area contributed by atoms with E-state index < -0.39 is 0 Å². The number of aliphatic hydroxyl groups excluding tert-OH is 1. The Morgan fingerprint density at radius 3 is 2.38 bits per heavy atom. The maximum Gasteiger partial charge on any atom is 0.233 e. The number of halogens is 1. The molecule has 2 aliphatic carbocycles. The van der Waals surface area contributed by atoms with Gasteiger partial charge >= 0.3 is 0 Å². The van der Waals surface area contributed by atoms with Gasteiger partial charge in [-0.15, -0.1) is 0 Å². The number of amides is 1. The lowest BCUT2D eigenvalue weighted by atomic mass is 9.63. The molecule has 0 radical (unpaired) electrons. The van der Waals surface area contributed by atoms with Gasteiger partial charge in [0.15, 0.2) is 0 Å². The molecule has 0 unspecified atom stereocenters. The summed E-state index contributed by atoms with van der Waals surface area (Å²) in [5.41, 5.74) is 0.709. The molecule has 0 bridgehead atoms. The van der Waals surface area contributed by atoms with E-state index in [-0.39, 0.29) is 22.8 Å². The molecule has 3 fully saturated rings. The van der Waals surface area contributed by atoms with Gasteiger partial charge in [0.25, 0.3) is 0 Å². The number of carbonyl (C=O) groups excluding carboxylic acids is 1. The van der Waals surface area contributed by atoms with Gasteiger partial charge in [-0.05, 0) is 56.2 Å². The Hall–Kier alpha value is -1.06. The smallest absolute Gasteiger partial charge is 0.233 e. The van der Waals surface area contributed by atoms with Gasteiger partial charge in [-0.3, -0.25) is 4.79 Å². The first-order valence-electron chi connectivity index (χ1n) is 9.29. The predicted octanol–water partition coefficient (Wildman–Crippen LogP) is 3.92. The van der Waals surface area contributed by atoms with Crippen LogP contribution in [0, 0.1) is 5.41 Å². The first kappa shape index (κ1) is 16.4. The number of hydrogen-bond donors (Lipinski definition) is 1. The molecular formula is C20H26ClNO2. The Balaban J connectivity index is 1.58. The van der Waals surface area contributed by atoms with Crippen molar-refractivity contribution in [1.29, 1.82) is 0 Å². The van der Waals surface area contributed by atoms with Crippen molar-refractivity contribution in [3.05, 3.63) is 34.9 Å². The fourth-order valence-corrected chi connectivity index (χ4v) is 5.28. The minimum atomic E-state index is -0.354. The van der Waals surface area contributed by atoms with Gasteiger partial charge in [-0.1, -0.05) is 36.6 Å². The molecule has 130 valence electrons. The topological polar surface area (TPSA) is 40.5 Å². The highest BCUT2D eigenvalue weighted by atomic mass is 35.5. The number of aliphatic hydroxyl groups is 1. The molecule has 1 aromatic rings. The molecule has 1 aromatic carbocycles. The summed E-state index contributed by atoms with van der Waals surface area (Å²) in [6.45, 7) is 1.57. The fraction of sp³-hybridized carbons (Fsp3) is 0.650. The Morgan fingerprint density at radius 1 is 1.08 bits per heavy atom. The standard InChI is InChI=1S/C20H26ClNO2/c21-16-7-5-15(6-8-16)20(11-2-12-20)18(24)22-13-3-10-19(14-22)9-1-4-17(19)23/h5-8,17,23H,1-4,9-14H2/t17-,19+/m1/s1. The Labute approximate surface area is 149 Å². The molecule has 1 spiro atoms. The van der Waals surface area contributed by atoms with Crippen molar-refractivity contribution in [2.24, 2.45) is 5.41 Å². The second-order valence-electron chi connectivity index (χ2n) is 8.04. The van der Waals surface area contributed by atoms with Crippen molar-refractivity contribution in [1.82, 2.24) is 4.90 Å².